The van der Waals surface area contributed by atoms with E-state index >= 15 is 0 Å². The zero-order valence-corrected chi connectivity index (χ0v) is 12.6. The average molecular weight is 294 g/mol. The molecule has 0 bridgehead atoms. The number of anilines is 1. The van der Waals surface area contributed by atoms with Gasteiger partial charge in [0, 0.05) is 18.0 Å². The van der Waals surface area contributed by atoms with E-state index in [4.69, 9.17) is 0 Å². The first-order valence-electron chi connectivity index (χ1n) is 7.53. The molecule has 1 fully saturated rings. The van der Waals surface area contributed by atoms with Gasteiger partial charge in [0.15, 0.2) is 5.13 Å². The summed E-state index contributed by atoms with van der Waals surface area (Å²) >= 11 is 1.66. The normalized spacial score (nSPS) is 20.2. The molecule has 0 spiro atoms. The minimum absolute atomic E-state index is 0.0676. The van der Waals surface area contributed by atoms with E-state index in [2.05, 4.69) is 20.5 Å². The monoisotopic (exact) mass is 294 g/mol. The molecule has 1 aromatic rings. The first-order valence-corrected chi connectivity index (χ1v) is 8.34. The van der Waals surface area contributed by atoms with E-state index in [0.29, 0.717) is 6.54 Å². The molecular formula is C14H22N4OS. The van der Waals surface area contributed by atoms with E-state index in [0.717, 1.165) is 50.6 Å². The molecule has 3 rings (SSSR count). The molecule has 5 nitrogen and oxygen atoms in total. The van der Waals surface area contributed by atoms with Crippen LogP contribution in [0.1, 0.15) is 29.8 Å². The third-order valence-electron chi connectivity index (χ3n) is 3.89. The summed E-state index contributed by atoms with van der Waals surface area (Å²) in [5.41, 5.74) is 1.20. The summed E-state index contributed by atoms with van der Waals surface area (Å²) in [5.74, 6) is 0.0676. The highest BCUT2D eigenvalue weighted by Gasteiger charge is 2.17. The first kappa shape index (κ1) is 14.0. The third-order valence-corrected chi connectivity index (χ3v) is 4.96. The molecule has 6 heteroatoms. The Bertz CT molecular complexity index is 442. The largest absolute Gasteiger partial charge is 0.315 e. The van der Waals surface area contributed by atoms with Gasteiger partial charge in [-0.1, -0.05) is 0 Å². The van der Waals surface area contributed by atoms with E-state index in [1.807, 2.05) is 0 Å². The number of nitrogens with zero attached hydrogens (tertiary/aromatic N) is 2. The maximum absolute atomic E-state index is 12.1. The molecule has 1 aliphatic heterocycles. The molecule has 2 aliphatic rings. The molecule has 0 atom stereocenters. The van der Waals surface area contributed by atoms with Crippen molar-refractivity contribution in [3.63, 3.8) is 0 Å². The Hall–Kier alpha value is -0.980. The Balaban J connectivity index is 1.54. The van der Waals surface area contributed by atoms with Gasteiger partial charge in [-0.25, -0.2) is 4.98 Å². The van der Waals surface area contributed by atoms with Crippen molar-refractivity contribution in [1.82, 2.24) is 15.2 Å². The van der Waals surface area contributed by atoms with Crippen molar-refractivity contribution in [3.8, 4) is 0 Å². The van der Waals surface area contributed by atoms with Crippen LogP contribution < -0.4 is 10.6 Å². The highest BCUT2D eigenvalue weighted by molar-refractivity contribution is 7.15. The van der Waals surface area contributed by atoms with Gasteiger partial charge in [0.05, 0.1) is 12.2 Å². The van der Waals surface area contributed by atoms with Crippen molar-refractivity contribution in [3.05, 3.63) is 10.6 Å². The highest BCUT2D eigenvalue weighted by Crippen LogP contribution is 2.29. The second-order valence-electron chi connectivity index (χ2n) is 5.52. The molecule has 1 aliphatic carbocycles. The number of nitrogens with one attached hydrogen (secondary N) is 2. The molecule has 110 valence electrons. The Morgan fingerprint density at radius 2 is 2.15 bits per heavy atom. The van der Waals surface area contributed by atoms with E-state index in [1.165, 1.54) is 23.4 Å². The van der Waals surface area contributed by atoms with Crippen LogP contribution in [0.4, 0.5) is 5.13 Å². The van der Waals surface area contributed by atoms with Gasteiger partial charge in [-0.3, -0.25) is 9.69 Å². The van der Waals surface area contributed by atoms with Gasteiger partial charge in [-0.15, -0.1) is 11.3 Å². The number of rotatable bonds is 3. The first-order chi connectivity index (χ1) is 9.81. The Morgan fingerprint density at radius 3 is 3.05 bits per heavy atom. The lowest BCUT2D eigenvalue weighted by Crippen LogP contribution is -2.35. The van der Waals surface area contributed by atoms with E-state index in [1.54, 1.807) is 11.3 Å². The number of aromatic nitrogens is 1. The fourth-order valence-corrected chi connectivity index (χ4v) is 3.89. The van der Waals surface area contributed by atoms with Crippen molar-refractivity contribution in [2.75, 3.05) is 38.0 Å². The van der Waals surface area contributed by atoms with Crippen LogP contribution >= 0.6 is 11.3 Å². The Kier molecular flexibility index (Phi) is 4.65. The van der Waals surface area contributed by atoms with Crippen LogP contribution in [0.5, 0.6) is 0 Å². The number of thiazole rings is 1. The maximum atomic E-state index is 12.1. The van der Waals surface area contributed by atoms with Crippen LogP contribution in [0, 0.1) is 0 Å². The number of hydrogen-bond acceptors (Lipinski definition) is 5. The summed E-state index contributed by atoms with van der Waals surface area (Å²) < 4.78 is 0. The molecule has 0 radical (unpaired) electrons. The van der Waals surface area contributed by atoms with E-state index in [-0.39, 0.29) is 5.91 Å². The topological polar surface area (TPSA) is 57.3 Å². The van der Waals surface area contributed by atoms with Crippen LogP contribution in [-0.2, 0) is 17.6 Å². The molecule has 1 aromatic heterocycles. The molecule has 1 saturated heterocycles. The van der Waals surface area contributed by atoms with Crippen LogP contribution in [-0.4, -0.2) is 48.5 Å². The highest BCUT2D eigenvalue weighted by atomic mass is 32.1. The molecule has 0 aromatic carbocycles. The van der Waals surface area contributed by atoms with Crippen molar-refractivity contribution >= 4 is 22.4 Å². The van der Waals surface area contributed by atoms with E-state index < -0.39 is 0 Å². The SMILES string of the molecule is O=C(CN1CCCNCC1)Nc1nc2c(s1)CCCC2. The van der Waals surface area contributed by atoms with Crippen molar-refractivity contribution in [1.29, 1.82) is 0 Å². The standard InChI is InChI=1S/C14H22N4OS/c19-13(10-18-8-3-6-15-7-9-18)17-14-16-11-4-1-2-5-12(11)20-14/h15H,1-10H2,(H,16,17,19). The zero-order chi connectivity index (χ0) is 13.8. The van der Waals surface area contributed by atoms with Crippen LogP contribution in [0.3, 0.4) is 0 Å². The molecule has 2 N–H and O–H groups in total. The quantitative estimate of drug-likeness (QED) is 0.881. The summed E-state index contributed by atoms with van der Waals surface area (Å²) in [7, 11) is 0. The van der Waals surface area contributed by atoms with Crippen molar-refractivity contribution in [2.24, 2.45) is 0 Å². The van der Waals surface area contributed by atoms with Gasteiger partial charge >= 0.3 is 0 Å². The lowest BCUT2D eigenvalue weighted by molar-refractivity contribution is -0.117. The van der Waals surface area contributed by atoms with Crippen LogP contribution in [0.2, 0.25) is 0 Å². The molecule has 2 heterocycles. The number of fused-ring (bicyclic) bond motifs is 1. The van der Waals surface area contributed by atoms with Gasteiger partial charge in [0.2, 0.25) is 5.91 Å². The molecule has 0 saturated carbocycles. The maximum Gasteiger partial charge on any atom is 0.240 e. The molecule has 20 heavy (non-hydrogen) atoms. The van der Waals surface area contributed by atoms with Crippen LogP contribution in [0.25, 0.3) is 0 Å². The Labute approximate surface area is 123 Å². The van der Waals surface area contributed by atoms with Gasteiger partial charge < -0.3 is 10.6 Å². The summed E-state index contributed by atoms with van der Waals surface area (Å²) in [6.45, 7) is 4.44. The van der Waals surface area contributed by atoms with Gasteiger partial charge in [0.25, 0.3) is 0 Å². The lowest BCUT2D eigenvalue weighted by Gasteiger charge is -2.17. The minimum atomic E-state index is 0.0676. The van der Waals surface area contributed by atoms with Crippen molar-refractivity contribution in [2.45, 2.75) is 32.1 Å². The predicted molar refractivity (Wildman–Crippen MR) is 81.3 cm³/mol. The van der Waals surface area contributed by atoms with Gasteiger partial charge in [0.1, 0.15) is 0 Å². The number of carbonyl (C=O) groups excluding carboxylic acids is 1. The second kappa shape index (κ2) is 6.65. The summed E-state index contributed by atoms with van der Waals surface area (Å²) in [4.78, 5) is 20.2. The fourth-order valence-electron chi connectivity index (χ4n) is 2.83. The number of amides is 1. The lowest BCUT2D eigenvalue weighted by atomic mass is 10.0. The number of aryl methyl sites for hydroxylation is 2. The number of hydrogen-bond donors (Lipinski definition) is 2. The molecular weight excluding hydrogens is 272 g/mol. The third kappa shape index (κ3) is 3.56. The van der Waals surface area contributed by atoms with Crippen molar-refractivity contribution < 1.29 is 4.79 Å². The zero-order valence-electron chi connectivity index (χ0n) is 11.8. The number of carbonyl (C=O) groups is 1. The van der Waals surface area contributed by atoms with Crippen LogP contribution in [0.15, 0.2) is 0 Å². The summed E-state index contributed by atoms with van der Waals surface area (Å²) in [6.07, 6.45) is 5.78. The summed E-state index contributed by atoms with van der Waals surface area (Å²) in [6, 6.07) is 0. The average Bonchev–Trinajstić information content (AvgIpc) is 2.66. The summed E-state index contributed by atoms with van der Waals surface area (Å²) in [5, 5.41) is 7.11. The minimum Gasteiger partial charge on any atom is -0.315 e. The van der Waals surface area contributed by atoms with Gasteiger partial charge in [-0.2, -0.15) is 0 Å². The van der Waals surface area contributed by atoms with E-state index in [9.17, 15) is 4.79 Å². The second-order valence-corrected chi connectivity index (χ2v) is 6.61. The molecule has 0 unspecified atom stereocenters. The van der Waals surface area contributed by atoms with Gasteiger partial charge in [-0.05, 0) is 45.2 Å². The molecule has 1 amide bonds. The Morgan fingerprint density at radius 1 is 1.25 bits per heavy atom. The fraction of sp³-hybridized carbons (Fsp3) is 0.714. The smallest absolute Gasteiger partial charge is 0.240 e. The predicted octanol–water partition coefficient (Wildman–Crippen LogP) is 1.26.